The first kappa shape index (κ1) is 12.7. The van der Waals surface area contributed by atoms with E-state index in [0.29, 0.717) is 13.1 Å². The molecule has 0 unspecified atom stereocenters. The number of sulfonamides is 1. The summed E-state index contributed by atoms with van der Waals surface area (Å²) in [6.45, 7) is 0.985. The first-order chi connectivity index (χ1) is 8.00. The minimum absolute atomic E-state index is 0.429. The summed E-state index contributed by atoms with van der Waals surface area (Å²) in [4.78, 5) is 1.14. The molecule has 0 bridgehead atoms. The van der Waals surface area contributed by atoms with Gasteiger partial charge in [-0.05, 0) is 23.8 Å². The average Bonchev–Trinajstić information content (AvgIpc) is 2.49. The predicted octanol–water partition coefficient (Wildman–Crippen LogP) is 1.56. The van der Waals surface area contributed by atoms with E-state index in [1.165, 1.54) is 10.6 Å². The number of hydrogen-bond donors (Lipinski definition) is 0. The van der Waals surface area contributed by atoms with Gasteiger partial charge >= 0.3 is 0 Å². The van der Waals surface area contributed by atoms with Gasteiger partial charge in [-0.15, -0.1) is 11.8 Å². The van der Waals surface area contributed by atoms with E-state index in [4.69, 9.17) is 4.74 Å². The lowest BCUT2D eigenvalue weighted by Gasteiger charge is -2.17. The smallest absolute Gasteiger partial charge is 0.211 e. The zero-order valence-corrected chi connectivity index (χ0v) is 11.5. The molecule has 6 heteroatoms. The fourth-order valence-corrected chi connectivity index (χ4v) is 3.67. The molecule has 1 aliphatic rings. The summed E-state index contributed by atoms with van der Waals surface area (Å²) in [5.74, 6) is 1.55. The molecule has 0 N–H and O–H groups in total. The van der Waals surface area contributed by atoms with Gasteiger partial charge in [-0.1, -0.05) is 0 Å². The van der Waals surface area contributed by atoms with Crippen molar-refractivity contribution in [2.24, 2.45) is 0 Å². The zero-order valence-electron chi connectivity index (χ0n) is 9.84. The Labute approximate surface area is 106 Å². The molecule has 0 amide bonds. The SMILES string of the molecule is COc1ccc2c(c1)CN(S(C)(=O)=O)CCS2. The topological polar surface area (TPSA) is 46.6 Å². The Hall–Kier alpha value is -0.720. The molecule has 1 aromatic carbocycles. The number of nitrogens with zero attached hydrogens (tertiary/aromatic N) is 1. The summed E-state index contributed by atoms with van der Waals surface area (Å²) in [5, 5.41) is 0. The van der Waals surface area contributed by atoms with Crippen LogP contribution in [0.5, 0.6) is 5.75 Å². The first-order valence-corrected chi connectivity index (χ1v) is 8.09. The van der Waals surface area contributed by atoms with Crippen LogP contribution in [0.4, 0.5) is 0 Å². The van der Waals surface area contributed by atoms with Crippen LogP contribution in [0.25, 0.3) is 0 Å². The van der Waals surface area contributed by atoms with Crippen LogP contribution in [0.1, 0.15) is 5.56 Å². The van der Waals surface area contributed by atoms with Gasteiger partial charge in [-0.25, -0.2) is 8.42 Å². The molecule has 0 atom stereocenters. The van der Waals surface area contributed by atoms with Crippen molar-refractivity contribution in [3.63, 3.8) is 0 Å². The number of benzene rings is 1. The van der Waals surface area contributed by atoms with Gasteiger partial charge in [0.15, 0.2) is 0 Å². The van der Waals surface area contributed by atoms with Gasteiger partial charge in [0.1, 0.15) is 5.75 Å². The van der Waals surface area contributed by atoms with E-state index in [0.717, 1.165) is 22.0 Å². The lowest BCUT2D eigenvalue weighted by Crippen LogP contribution is -2.30. The molecular weight excluding hydrogens is 258 g/mol. The van der Waals surface area contributed by atoms with Gasteiger partial charge in [0.25, 0.3) is 0 Å². The molecule has 94 valence electrons. The van der Waals surface area contributed by atoms with Crippen LogP contribution in [-0.2, 0) is 16.6 Å². The van der Waals surface area contributed by atoms with Crippen molar-refractivity contribution >= 4 is 21.8 Å². The molecule has 1 aliphatic heterocycles. The van der Waals surface area contributed by atoms with Crippen molar-refractivity contribution < 1.29 is 13.2 Å². The van der Waals surface area contributed by atoms with Gasteiger partial charge in [0, 0.05) is 23.7 Å². The van der Waals surface area contributed by atoms with Gasteiger partial charge < -0.3 is 4.74 Å². The fraction of sp³-hybridized carbons (Fsp3) is 0.455. The van der Waals surface area contributed by atoms with Crippen LogP contribution in [0.2, 0.25) is 0 Å². The minimum atomic E-state index is -3.13. The Balaban J connectivity index is 2.35. The highest BCUT2D eigenvalue weighted by molar-refractivity contribution is 7.99. The predicted molar refractivity (Wildman–Crippen MR) is 69.0 cm³/mol. The summed E-state index contributed by atoms with van der Waals surface area (Å²) in [5.41, 5.74) is 1.01. The summed E-state index contributed by atoms with van der Waals surface area (Å²) >= 11 is 1.69. The number of hydrogen-bond acceptors (Lipinski definition) is 4. The average molecular weight is 273 g/mol. The minimum Gasteiger partial charge on any atom is -0.497 e. The zero-order chi connectivity index (χ0) is 12.5. The summed E-state index contributed by atoms with van der Waals surface area (Å²) in [6, 6.07) is 5.80. The van der Waals surface area contributed by atoms with E-state index in [9.17, 15) is 8.42 Å². The largest absolute Gasteiger partial charge is 0.497 e. The second-order valence-electron chi connectivity index (χ2n) is 3.92. The third-order valence-corrected chi connectivity index (χ3v) is 5.03. The van der Waals surface area contributed by atoms with Gasteiger partial charge in [0.05, 0.1) is 13.4 Å². The molecular formula is C11H15NO3S2. The van der Waals surface area contributed by atoms with Crippen LogP contribution < -0.4 is 4.74 Å². The number of methoxy groups -OCH3 is 1. The molecule has 17 heavy (non-hydrogen) atoms. The quantitative estimate of drug-likeness (QED) is 0.820. The van der Waals surface area contributed by atoms with Crippen LogP contribution in [0, 0.1) is 0 Å². The number of fused-ring (bicyclic) bond motifs is 1. The van der Waals surface area contributed by atoms with Crippen molar-refractivity contribution in [1.29, 1.82) is 0 Å². The molecule has 0 saturated heterocycles. The fourth-order valence-electron chi connectivity index (χ4n) is 1.76. The highest BCUT2D eigenvalue weighted by Crippen LogP contribution is 2.30. The van der Waals surface area contributed by atoms with Gasteiger partial charge in [-0.3, -0.25) is 0 Å². The molecule has 0 fully saturated rings. The maximum absolute atomic E-state index is 11.6. The van der Waals surface area contributed by atoms with Crippen molar-refractivity contribution in [3.05, 3.63) is 23.8 Å². The lowest BCUT2D eigenvalue weighted by molar-refractivity contribution is 0.408. The van der Waals surface area contributed by atoms with E-state index >= 15 is 0 Å². The van der Waals surface area contributed by atoms with Crippen molar-refractivity contribution in [2.45, 2.75) is 11.4 Å². The highest BCUT2D eigenvalue weighted by Gasteiger charge is 2.21. The third-order valence-electron chi connectivity index (χ3n) is 2.68. The molecule has 0 saturated carbocycles. The second kappa shape index (κ2) is 4.88. The van der Waals surface area contributed by atoms with E-state index in [-0.39, 0.29) is 0 Å². The van der Waals surface area contributed by atoms with Gasteiger partial charge in [-0.2, -0.15) is 4.31 Å². The van der Waals surface area contributed by atoms with Crippen LogP contribution in [-0.4, -0.2) is 38.4 Å². The maximum atomic E-state index is 11.6. The van der Waals surface area contributed by atoms with Crippen LogP contribution >= 0.6 is 11.8 Å². The van der Waals surface area contributed by atoms with Crippen molar-refractivity contribution in [1.82, 2.24) is 4.31 Å². The van der Waals surface area contributed by atoms with E-state index in [1.54, 1.807) is 18.9 Å². The van der Waals surface area contributed by atoms with Crippen LogP contribution in [0.3, 0.4) is 0 Å². The molecule has 2 rings (SSSR count). The first-order valence-electron chi connectivity index (χ1n) is 5.25. The lowest BCUT2D eigenvalue weighted by atomic mass is 10.2. The number of ether oxygens (including phenoxy) is 1. The third kappa shape index (κ3) is 2.94. The Kier molecular flexibility index (Phi) is 3.65. The van der Waals surface area contributed by atoms with Gasteiger partial charge in [0.2, 0.25) is 10.0 Å². The molecule has 1 aromatic rings. The Morgan fingerprint density at radius 2 is 2.18 bits per heavy atom. The van der Waals surface area contributed by atoms with Crippen molar-refractivity contribution in [3.8, 4) is 5.75 Å². The highest BCUT2D eigenvalue weighted by atomic mass is 32.2. The molecule has 0 radical (unpaired) electrons. The van der Waals surface area contributed by atoms with Crippen molar-refractivity contribution in [2.75, 3.05) is 25.7 Å². The Morgan fingerprint density at radius 1 is 1.41 bits per heavy atom. The molecule has 0 aromatic heterocycles. The van der Waals surface area contributed by atoms with E-state index in [1.807, 2.05) is 18.2 Å². The van der Waals surface area contributed by atoms with E-state index < -0.39 is 10.0 Å². The monoisotopic (exact) mass is 273 g/mol. The number of thioether (sulfide) groups is 1. The molecule has 0 spiro atoms. The second-order valence-corrected chi connectivity index (χ2v) is 7.04. The van der Waals surface area contributed by atoms with Crippen LogP contribution in [0.15, 0.2) is 23.1 Å². The number of rotatable bonds is 2. The normalized spacial score (nSPS) is 17.3. The summed E-state index contributed by atoms with van der Waals surface area (Å²) in [7, 11) is -1.52. The molecule has 0 aliphatic carbocycles. The maximum Gasteiger partial charge on any atom is 0.211 e. The standard InChI is InChI=1S/C11H15NO3S2/c1-15-10-3-4-11-9(7-10)8-12(5-6-16-11)17(2,13)14/h3-4,7H,5-6,8H2,1-2H3. The Bertz CT molecular complexity index is 513. The summed E-state index contributed by atoms with van der Waals surface area (Å²) < 4.78 is 29.8. The molecule has 4 nitrogen and oxygen atoms in total. The van der Waals surface area contributed by atoms with E-state index in [2.05, 4.69) is 0 Å². The summed E-state index contributed by atoms with van der Waals surface area (Å²) in [6.07, 6.45) is 1.25. The molecule has 1 heterocycles. The Morgan fingerprint density at radius 3 is 2.82 bits per heavy atom.